The van der Waals surface area contributed by atoms with Gasteiger partial charge < -0.3 is 20.6 Å². The number of nitrogens with zero attached hydrogens (tertiary/aromatic N) is 1. The fourth-order valence-electron chi connectivity index (χ4n) is 4.00. The molecule has 3 heterocycles. The molecule has 0 aliphatic carbocycles. The van der Waals surface area contributed by atoms with Crippen LogP contribution in [0.4, 0.5) is 0 Å². The van der Waals surface area contributed by atoms with Crippen molar-refractivity contribution in [1.29, 1.82) is 0 Å². The number of carboxylic acid groups (broad SMARTS) is 1. The molecular formula is C22H26ClN3O3S2. The predicted molar refractivity (Wildman–Crippen MR) is 128 cm³/mol. The first kappa shape index (κ1) is 23.8. The molecule has 2 atom stereocenters. The lowest BCUT2D eigenvalue weighted by molar-refractivity contribution is -0.134. The molecule has 0 bridgehead atoms. The smallest absolute Gasteiger partial charge is 0.353 e. The summed E-state index contributed by atoms with van der Waals surface area (Å²) in [7, 11) is 1.94. The minimum atomic E-state index is -1.03. The van der Waals surface area contributed by atoms with Crippen LogP contribution in [-0.2, 0) is 11.3 Å². The summed E-state index contributed by atoms with van der Waals surface area (Å²) < 4.78 is 0. The molecule has 0 unspecified atom stereocenters. The third-order valence-corrected chi connectivity index (χ3v) is 7.67. The Labute approximate surface area is 196 Å². The van der Waals surface area contributed by atoms with Crippen LogP contribution >= 0.6 is 35.5 Å². The van der Waals surface area contributed by atoms with Gasteiger partial charge in [-0.3, -0.25) is 4.79 Å². The van der Waals surface area contributed by atoms with Crippen molar-refractivity contribution in [2.45, 2.75) is 30.7 Å². The van der Waals surface area contributed by atoms with Gasteiger partial charge in [-0.2, -0.15) is 0 Å². The number of hydrogen-bond donors (Lipinski definition) is 3. The normalized spacial score (nSPS) is 20.7. The highest BCUT2D eigenvalue weighted by atomic mass is 35.5. The molecule has 1 aromatic carbocycles. The third-order valence-electron chi connectivity index (χ3n) is 5.44. The van der Waals surface area contributed by atoms with E-state index >= 15 is 0 Å². The number of nitrogens with one attached hydrogen (secondary N) is 2. The molecular weight excluding hydrogens is 454 g/mol. The predicted octanol–water partition coefficient (Wildman–Crippen LogP) is 3.87. The van der Waals surface area contributed by atoms with Gasteiger partial charge in [-0.1, -0.05) is 30.3 Å². The molecule has 4 rings (SSSR count). The Morgan fingerprint density at radius 3 is 2.71 bits per heavy atom. The van der Waals surface area contributed by atoms with Gasteiger partial charge in [0.1, 0.15) is 5.70 Å². The van der Waals surface area contributed by atoms with Crippen molar-refractivity contribution >= 4 is 47.4 Å². The molecule has 2 aliphatic rings. The lowest BCUT2D eigenvalue weighted by atomic mass is 10.0. The molecule has 0 spiro atoms. The average molecular weight is 480 g/mol. The van der Waals surface area contributed by atoms with Gasteiger partial charge in [0.05, 0.1) is 4.88 Å². The van der Waals surface area contributed by atoms with Crippen LogP contribution in [0.5, 0.6) is 0 Å². The number of carbonyl (C=O) groups is 2. The van der Waals surface area contributed by atoms with Crippen LogP contribution in [0, 0.1) is 0 Å². The fraction of sp³-hybridized carbons (Fsp3) is 0.364. The van der Waals surface area contributed by atoms with Gasteiger partial charge in [-0.05, 0) is 42.5 Å². The number of rotatable bonds is 7. The molecule has 1 saturated heterocycles. The maximum absolute atomic E-state index is 12.7. The van der Waals surface area contributed by atoms with Gasteiger partial charge in [0.25, 0.3) is 5.91 Å². The summed E-state index contributed by atoms with van der Waals surface area (Å²) in [5.41, 5.74) is 2.66. The summed E-state index contributed by atoms with van der Waals surface area (Å²) in [5, 5.41) is 18.6. The SMILES string of the molecule is CNCc1ccc([C@@H]2C[C@H](SC3=C(C(=O)O)N(C(=O)c4cccs4)CC3)CN2)cc1.Cl. The van der Waals surface area contributed by atoms with E-state index in [0.717, 1.165) is 24.4 Å². The lowest BCUT2D eigenvalue weighted by Gasteiger charge is -2.17. The van der Waals surface area contributed by atoms with E-state index < -0.39 is 5.97 Å². The van der Waals surface area contributed by atoms with Crippen LogP contribution in [0.15, 0.2) is 52.4 Å². The summed E-state index contributed by atoms with van der Waals surface area (Å²) in [6, 6.07) is 12.4. The number of amides is 1. The second kappa shape index (κ2) is 10.7. The van der Waals surface area contributed by atoms with E-state index in [-0.39, 0.29) is 35.3 Å². The Balaban J connectivity index is 0.00000272. The van der Waals surface area contributed by atoms with E-state index in [2.05, 4.69) is 34.9 Å². The van der Waals surface area contributed by atoms with E-state index in [1.807, 2.05) is 18.5 Å². The van der Waals surface area contributed by atoms with Crippen molar-refractivity contribution in [3.05, 3.63) is 68.4 Å². The quantitative estimate of drug-likeness (QED) is 0.559. The molecule has 1 amide bonds. The van der Waals surface area contributed by atoms with Gasteiger partial charge >= 0.3 is 5.97 Å². The van der Waals surface area contributed by atoms with Gasteiger partial charge in [0.2, 0.25) is 0 Å². The molecule has 6 nitrogen and oxygen atoms in total. The molecule has 3 N–H and O–H groups in total. The maximum atomic E-state index is 12.7. The number of carboxylic acids is 1. The van der Waals surface area contributed by atoms with Gasteiger partial charge in [0.15, 0.2) is 0 Å². The first-order chi connectivity index (χ1) is 14.6. The van der Waals surface area contributed by atoms with Crippen LogP contribution in [0.3, 0.4) is 0 Å². The largest absolute Gasteiger partial charge is 0.477 e. The van der Waals surface area contributed by atoms with Crippen LogP contribution in [0.25, 0.3) is 0 Å². The number of halogens is 1. The van der Waals surface area contributed by atoms with E-state index in [9.17, 15) is 14.7 Å². The highest BCUT2D eigenvalue weighted by Gasteiger charge is 2.36. The van der Waals surface area contributed by atoms with E-state index in [0.29, 0.717) is 17.8 Å². The van der Waals surface area contributed by atoms with Crippen LogP contribution in [0.2, 0.25) is 0 Å². The Hall–Kier alpha value is -1.84. The number of hydrogen-bond acceptors (Lipinski definition) is 6. The van der Waals surface area contributed by atoms with Crippen LogP contribution in [0.1, 0.15) is 39.7 Å². The number of aliphatic carboxylic acids is 1. The van der Waals surface area contributed by atoms with Gasteiger partial charge in [0, 0.05) is 35.8 Å². The third kappa shape index (κ3) is 5.32. The second-order valence-electron chi connectivity index (χ2n) is 7.47. The molecule has 0 radical (unpaired) electrons. The van der Waals surface area contributed by atoms with E-state index in [1.165, 1.54) is 27.4 Å². The molecule has 1 aromatic heterocycles. The first-order valence-corrected chi connectivity index (χ1v) is 11.8. The van der Waals surface area contributed by atoms with Crippen molar-refractivity contribution in [2.75, 3.05) is 20.1 Å². The molecule has 2 aromatic rings. The Kier molecular flexibility index (Phi) is 8.18. The number of benzene rings is 1. The monoisotopic (exact) mass is 479 g/mol. The Bertz CT molecular complexity index is 947. The fourth-order valence-corrected chi connectivity index (χ4v) is 6.06. The highest BCUT2D eigenvalue weighted by molar-refractivity contribution is 8.03. The minimum Gasteiger partial charge on any atom is -0.477 e. The summed E-state index contributed by atoms with van der Waals surface area (Å²) in [5.74, 6) is -1.25. The Morgan fingerprint density at radius 1 is 1.29 bits per heavy atom. The van der Waals surface area contributed by atoms with Crippen molar-refractivity contribution in [1.82, 2.24) is 15.5 Å². The summed E-state index contributed by atoms with van der Waals surface area (Å²) in [4.78, 5) is 27.5. The van der Waals surface area contributed by atoms with Crippen molar-refractivity contribution in [3.8, 4) is 0 Å². The van der Waals surface area contributed by atoms with E-state index in [1.54, 1.807) is 17.8 Å². The molecule has 2 aliphatic heterocycles. The van der Waals surface area contributed by atoms with Crippen molar-refractivity contribution in [2.24, 2.45) is 0 Å². The zero-order valence-electron chi connectivity index (χ0n) is 17.2. The molecule has 0 saturated carbocycles. The second-order valence-corrected chi connectivity index (χ2v) is 9.81. The highest BCUT2D eigenvalue weighted by Crippen LogP contribution is 2.40. The first-order valence-electron chi connectivity index (χ1n) is 10.0. The average Bonchev–Trinajstić information content (AvgIpc) is 3.49. The maximum Gasteiger partial charge on any atom is 0.353 e. The van der Waals surface area contributed by atoms with Crippen LogP contribution in [-0.4, -0.2) is 47.3 Å². The number of carbonyl (C=O) groups excluding carboxylic acids is 1. The Morgan fingerprint density at radius 2 is 2.06 bits per heavy atom. The van der Waals surface area contributed by atoms with Crippen molar-refractivity contribution in [3.63, 3.8) is 0 Å². The van der Waals surface area contributed by atoms with Crippen LogP contribution < -0.4 is 10.6 Å². The minimum absolute atomic E-state index is 0. The van der Waals surface area contributed by atoms with Gasteiger partial charge in [-0.25, -0.2) is 4.79 Å². The van der Waals surface area contributed by atoms with E-state index in [4.69, 9.17) is 0 Å². The zero-order chi connectivity index (χ0) is 21.1. The summed E-state index contributed by atoms with van der Waals surface area (Å²) in [6.07, 6.45) is 1.54. The zero-order valence-corrected chi connectivity index (χ0v) is 19.6. The lowest BCUT2D eigenvalue weighted by Crippen LogP contribution is -2.30. The molecule has 166 valence electrons. The molecule has 9 heteroatoms. The molecule has 1 fully saturated rings. The topological polar surface area (TPSA) is 81.7 Å². The molecule has 31 heavy (non-hydrogen) atoms. The number of thioether (sulfide) groups is 1. The van der Waals surface area contributed by atoms with Gasteiger partial charge in [-0.15, -0.1) is 35.5 Å². The summed E-state index contributed by atoms with van der Waals surface area (Å²) in [6.45, 7) is 2.10. The summed E-state index contributed by atoms with van der Waals surface area (Å²) >= 11 is 2.96. The number of thiophene rings is 1. The van der Waals surface area contributed by atoms with Crippen molar-refractivity contribution < 1.29 is 14.7 Å². The standard InChI is InChI=1S/C22H25N3O3S2.ClH/c1-23-12-14-4-6-15(7-5-14)17-11-16(13-24-17)30-18-8-9-25(20(18)22(27)28)21(26)19-3-2-10-29-19;/h2-7,10,16-17,23-24H,8-9,11-13H2,1H3,(H,27,28);1H/t16-,17-;/m0./s1.